The van der Waals surface area contributed by atoms with Gasteiger partial charge in [0, 0.05) is 6.54 Å². The quantitative estimate of drug-likeness (QED) is 0.899. The summed E-state index contributed by atoms with van der Waals surface area (Å²) in [6.07, 6.45) is -0.0104. The smallest absolute Gasteiger partial charge is 0.410 e. The Morgan fingerprint density at radius 2 is 1.80 bits per heavy atom. The second kappa shape index (κ2) is 6.93. The molecule has 0 heterocycles. The summed E-state index contributed by atoms with van der Waals surface area (Å²) in [7, 11) is 0. The van der Waals surface area contributed by atoms with E-state index >= 15 is 0 Å². The van der Waals surface area contributed by atoms with Crippen LogP contribution in [-0.2, 0) is 16.0 Å². The Kier molecular flexibility index (Phi) is 5.55. The van der Waals surface area contributed by atoms with E-state index in [-0.39, 0.29) is 6.54 Å². The van der Waals surface area contributed by atoms with Crippen LogP contribution >= 0.6 is 0 Å². The van der Waals surface area contributed by atoms with E-state index in [0.29, 0.717) is 13.0 Å². The molecule has 0 radical (unpaired) electrons. The molecule has 1 aromatic rings. The number of amides is 1. The topological polar surface area (TPSA) is 66.8 Å². The molecule has 1 aromatic carbocycles. The molecule has 0 aliphatic heterocycles. The summed E-state index contributed by atoms with van der Waals surface area (Å²) >= 11 is 0. The minimum Gasteiger partial charge on any atom is -0.480 e. The van der Waals surface area contributed by atoms with Crippen molar-refractivity contribution in [3.63, 3.8) is 0 Å². The highest BCUT2D eigenvalue weighted by molar-refractivity contribution is 5.76. The number of benzene rings is 1. The van der Waals surface area contributed by atoms with Crippen LogP contribution in [0.4, 0.5) is 4.79 Å². The summed E-state index contributed by atoms with van der Waals surface area (Å²) in [5, 5.41) is 8.88. The van der Waals surface area contributed by atoms with Gasteiger partial charge in [0.05, 0.1) is 0 Å². The third kappa shape index (κ3) is 6.22. The van der Waals surface area contributed by atoms with Crippen molar-refractivity contribution in [3.05, 3.63) is 35.9 Å². The van der Waals surface area contributed by atoms with Crippen LogP contribution in [0.2, 0.25) is 0 Å². The highest BCUT2D eigenvalue weighted by Gasteiger charge is 2.23. The molecular weight excluding hydrogens is 258 g/mol. The van der Waals surface area contributed by atoms with Crippen molar-refractivity contribution in [1.82, 2.24) is 4.90 Å². The molecule has 1 amide bonds. The van der Waals surface area contributed by atoms with Gasteiger partial charge in [-0.15, -0.1) is 0 Å². The van der Waals surface area contributed by atoms with E-state index in [1.54, 1.807) is 20.8 Å². The number of carbonyl (C=O) groups is 2. The summed E-state index contributed by atoms with van der Waals surface area (Å²) in [5.41, 5.74) is 0.409. The number of hydrogen-bond donors (Lipinski definition) is 1. The van der Waals surface area contributed by atoms with Crippen LogP contribution in [0.1, 0.15) is 26.3 Å². The molecule has 0 fully saturated rings. The number of hydrogen-bond acceptors (Lipinski definition) is 3. The van der Waals surface area contributed by atoms with E-state index in [4.69, 9.17) is 9.84 Å². The van der Waals surface area contributed by atoms with Gasteiger partial charge in [0.1, 0.15) is 12.1 Å². The molecule has 0 atom stereocenters. The fourth-order valence-corrected chi connectivity index (χ4v) is 1.63. The number of aliphatic carboxylic acids is 1. The molecule has 0 saturated heterocycles. The first kappa shape index (κ1) is 16.0. The molecule has 0 bridgehead atoms. The fraction of sp³-hybridized carbons (Fsp3) is 0.467. The molecule has 1 N–H and O–H groups in total. The van der Waals surface area contributed by atoms with Crippen molar-refractivity contribution in [2.24, 2.45) is 0 Å². The average Bonchev–Trinajstić information content (AvgIpc) is 2.33. The van der Waals surface area contributed by atoms with E-state index in [2.05, 4.69) is 0 Å². The summed E-state index contributed by atoms with van der Waals surface area (Å²) in [4.78, 5) is 24.0. The van der Waals surface area contributed by atoms with Crippen LogP contribution in [0.25, 0.3) is 0 Å². The van der Waals surface area contributed by atoms with Gasteiger partial charge < -0.3 is 9.84 Å². The lowest BCUT2D eigenvalue weighted by atomic mass is 10.1. The van der Waals surface area contributed by atoms with E-state index in [9.17, 15) is 9.59 Å². The monoisotopic (exact) mass is 279 g/mol. The number of rotatable bonds is 5. The lowest BCUT2D eigenvalue weighted by molar-refractivity contribution is -0.138. The van der Waals surface area contributed by atoms with Crippen molar-refractivity contribution < 1.29 is 19.4 Å². The first-order valence-electron chi connectivity index (χ1n) is 6.51. The maximum atomic E-state index is 12.0. The van der Waals surface area contributed by atoms with Gasteiger partial charge in [-0.3, -0.25) is 9.69 Å². The normalized spacial score (nSPS) is 10.9. The second-order valence-corrected chi connectivity index (χ2v) is 5.53. The lowest BCUT2D eigenvalue weighted by Crippen LogP contribution is -2.40. The van der Waals surface area contributed by atoms with Crippen LogP contribution in [0, 0.1) is 0 Å². The largest absolute Gasteiger partial charge is 0.480 e. The predicted molar refractivity (Wildman–Crippen MR) is 75.6 cm³/mol. The van der Waals surface area contributed by atoms with Gasteiger partial charge in [-0.05, 0) is 32.8 Å². The summed E-state index contributed by atoms with van der Waals surface area (Å²) < 4.78 is 5.21. The number of carboxylic acid groups (broad SMARTS) is 1. The van der Waals surface area contributed by atoms with Crippen molar-refractivity contribution in [2.75, 3.05) is 13.1 Å². The van der Waals surface area contributed by atoms with Gasteiger partial charge in [-0.2, -0.15) is 0 Å². The van der Waals surface area contributed by atoms with E-state index < -0.39 is 17.7 Å². The van der Waals surface area contributed by atoms with Crippen molar-refractivity contribution >= 4 is 12.1 Å². The molecule has 0 saturated carbocycles. The van der Waals surface area contributed by atoms with Crippen LogP contribution < -0.4 is 0 Å². The Morgan fingerprint density at radius 1 is 1.20 bits per heavy atom. The van der Waals surface area contributed by atoms with Crippen LogP contribution in [0.15, 0.2) is 30.3 Å². The Balaban J connectivity index is 2.64. The van der Waals surface area contributed by atoms with Crippen molar-refractivity contribution in [3.8, 4) is 0 Å². The highest BCUT2D eigenvalue weighted by atomic mass is 16.6. The average molecular weight is 279 g/mol. The number of carboxylic acids is 1. The van der Waals surface area contributed by atoms with Gasteiger partial charge in [-0.1, -0.05) is 30.3 Å². The SMILES string of the molecule is CC(C)(C)OC(=O)N(CCc1ccccc1)CC(=O)O. The fourth-order valence-electron chi connectivity index (χ4n) is 1.63. The zero-order chi connectivity index (χ0) is 15.2. The molecule has 0 aliphatic rings. The van der Waals surface area contributed by atoms with Gasteiger partial charge in [0.25, 0.3) is 0 Å². The second-order valence-electron chi connectivity index (χ2n) is 5.53. The van der Waals surface area contributed by atoms with E-state index in [0.717, 1.165) is 5.56 Å². The van der Waals surface area contributed by atoms with Crippen molar-refractivity contribution in [2.45, 2.75) is 32.8 Å². The maximum absolute atomic E-state index is 12.0. The number of carbonyl (C=O) groups excluding carboxylic acids is 1. The minimum absolute atomic E-state index is 0.311. The van der Waals surface area contributed by atoms with Gasteiger partial charge in [-0.25, -0.2) is 4.79 Å². The maximum Gasteiger partial charge on any atom is 0.410 e. The molecule has 0 aromatic heterocycles. The standard InChI is InChI=1S/C15H21NO4/c1-15(2,3)20-14(19)16(11-13(17)18)10-9-12-7-5-4-6-8-12/h4-8H,9-11H2,1-3H3,(H,17,18). The Hall–Kier alpha value is -2.04. The molecule has 0 spiro atoms. The summed E-state index contributed by atoms with van der Waals surface area (Å²) in [5.74, 6) is -1.05. The molecular formula is C15H21NO4. The van der Waals surface area contributed by atoms with Gasteiger partial charge in [0.2, 0.25) is 0 Å². The predicted octanol–water partition coefficient (Wildman–Crippen LogP) is 2.55. The lowest BCUT2D eigenvalue weighted by Gasteiger charge is -2.26. The third-order valence-electron chi connectivity index (χ3n) is 2.49. The van der Waals surface area contributed by atoms with E-state index in [1.165, 1.54) is 4.90 Å². The molecule has 1 rings (SSSR count). The molecule has 5 nitrogen and oxygen atoms in total. The van der Waals surface area contributed by atoms with Crippen LogP contribution in [0.3, 0.4) is 0 Å². The number of ether oxygens (including phenoxy) is 1. The first-order valence-corrected chi connectivity index (χ1v) is 6.51. The molecule has 110 valence electrons. The Labute approximate surface area is 119 Å². The molecule has 5 heteroatoms. The van der Waals surface area contributed by atoms with E-state index in [1.807, 2.05) is 30.3 Å². The molecule has 20 heavy (non-hydrogen) atoms. The summed E-state index contributed by atoms with van der Waals surface area (Å²) in [6, 6.07) is 9.60. The zero-order valence-corrected chi connectivity index (χ0v) is 12.1. The number of nitrogens with zero attached hydrogens (tertiary/aromatic N) is 1. The van der Waals surface area contributed by atoms with Crippen molar-refractivity contribution in [1.29, 1.82) is 0 Å². The van der Waals surface area contributed by atoms with Gasteiger partial charge in [0.15, 0.2) is 0 Å². The zero-order valence-electron chi connectivity index (χ0n) is 12.1. The Bertz CT molecular complexity index is 451. The molecule has 0 aliphatic carbocycles. The van der Waals surface area contributed by atoms with Crippen LogP contribution in [0.5, 0.6) is 0 Å². The van der Waals surface area contributed by atoms with Gasteiger partial charge >= 0.3 is 12.1 Å². The first-order chi connectivity index (χ1) is 9.28. The van der Waals surface area contributed by atoms with Crippen LogP contribution in [-0.4, -0.2) is 40.8 Å². The molecule has 0 unspecified atom stereocenters. The third-order valence-corrected chi connectivity index (χ3v) is 2.49. The summed E-state index contributed by atoms with van der Waals surface area (Å²) in [6.45, 7) is 5.20. The highest BCUT2D eigenvalue weighted by Crippen LogP contribution is 2.11. The minimum atomic E-state index is -1.05. The Morgan fingerprint density at radius 3 is 2.30 bits per heavy atom.